The molecule has 0 spiro atoms. The Hall–Kier alpha value is -3.23. The number of carbonyl (C=O) groups is 1. The Morgan fingerprint density at radius 3 is 2.81 bits per heavy atom. The summed E-state index contributed by atoms with van der Waals surface area (Å²) < 4.78 is 8.36. The van der Waals surface area contributed by atoms with Gasteiger partial charge in [0.25, 0.3) is 11.5 Å². The number of nitrogens with zero attached hydrogens (tertiary/aromatic N) is 4. The number of ether oxygens (including phenoxy) is 1. The molecule has 0 saturated carbocycles. The van der Waals surface area contributed by atoms with Crippen LogP contribution in [-0.4, -0.2) is 44.8 Å². The quantitative estimate of drug-likeness (QED) is 0.414. The maximum Gasteiger partial charge on any atom is 0.296 e. The van der Waals surface area contributed by atoms with Crippen LogP contribution in [0.15, 0.2) is 47.3 Å². The Labute approximate surface area is 189 Å². The Balaban J connectivity index is 1.75. The summed E-state index contributed by atoms with van der Waals surface area (Å²) in [6.45, 7) is 5.84. The molecule has 2 heterocycles. The van der Waals surface area contributed by atoms with E-state index in [1.165, 1.54) is 4.52 Å². The second-order valence-electron chi connectivity index (χ2n) is 7.49. The number of hydrogen-bond acceptors (Lipinski definition) is 5. The first-order valence-electron chi connectivity index (χ1n) is 10.5. The predicted molar refractivity (Wildman–Crippen MR) is 123 cm³/mol. The van der Waals surface area contributed by atoms with E-state index >= 15 is 0 Å². The topological polar surface area (TPSA) is 90.5 Å². The van der Waals surface area contributed by atoms with Crippen molar-refractivity contribution in [2.75, 3.05) is 19.8 Å². The van der Waals surface area contributed by atoms with Crippen molar-refractivity contribution in [1.82, 2.24) is 24.5 Å². The molecule has 8 nitrogen and oxygen atoms in total. The lowest BCUT2D eigenvalue weighted by molar-refractivity contribution is 0.0934. The Morgan fingerprint density at radius 1 is 1.19 bits per heavy atom. The van der Waals surface area contributed by atoms with E-state index in [2.05, 4.69) is 15.4 Å². The third-order valence-corrected chi connectivity index (χ3v) is 5.32. The van der Waals surface area contributed by atoms with E-state index in [0.29, 0.717) is 48.8 Å². The lowest BCUT2D eigenvalue weighted by Gasteiger charge is -2.12. The molecule has 1 amide bonds. The van der Waals surface area contributed by atoms with Crippen molar-refractivity contribution in [2.24, 2.45) is 0 Å². The minimum Gasteiger partial charge on any atom is -0.382 e. The van der Waals surface area contributed by atoms with Crippen molar-refractivity contribution in [1.29, 1.82) is 0 Å². The van der Waals surface area contributed by atoms with Crippen LogP contribution in [0, 0.1) is 6.92 Å². The highest BCUT2D eigenvalue weighted by atomic mass is 35.5. The highest BCUT2D eigenvalue weighted by Gasteiger charge is 2.19. The first kappa shape index (κ1) is 22.0. The third kappa shape index (κ3) is 4.51. The summed E-state index contributed by atoms with van der Waals surface area (Å²) in [5.41, 5.74) is 3.06. The zero-order valence-electron chi connectivity index (χ0n) is 18.0. The lowest BCUT2D eigenvalue weighted by atomic mass is 10.2. The SMILES string of the molecule is CCOCCCNC(=O)c1nc2c(=O)n(Cc3cccc(Cl)c3)c3cc(C)ccc3n2n1. The largest absolute Gasteiger partial charge is 0.382 e. The van der Waals surface area contributed by atoms with Crippen molar-refractivity contribution in [2.45, 2.75) is 26.8 Å². The minimum absolute atomic E-state index is 0.0408. The molecule has 2 aromatic heterocycles. The van der Waals surface area contributed by atoms with Crippen LogP contribution in [0.4, 0.5) is 0 Å². The number of aryl methyl sites for hydroxylation is 1. The van der Waals surface area contributed by atoms with Crippen LogP contribution >= 0.6 is 11.6 Å². The molecule has 1 N–H and O–H groups in total. The molecule has 166 valence electrons. The molecule has 0 bridgehead atoms. The summed E-state index contributed by atoms with van der Waals surface area (Å²) in [7, 11) is 0. The molecule has 0 aliphatic carbocycles. The molecule has 9 heteroatoms. The van der Waals surface area contributed by atoms with Gasteiger partial charge >= 0.3 is 0 Å². The van der Waals surface area contributed by atoms with Gasteiger partial charge in [-0.05, 0) is 55.7 Å². The van der Waals surface area contributed by atoms with E-state index < -0.39 is 5.91 Å². The smallest absolute Gasteiger partial charge is 0.296 e. The van der Waals surface area contributed by atoms with Gasteiger partial charge in [0.05, 0.1) is 17.6 Å². The van der Waals surface area contributed by atoms with Crippen LogP contribution in [0.5, 0.6) is 0 Å². The summed E-state index contributed by atoms with van der Waals surface area (Å²) in [6, 6.07) is 13.1. The highest BCUT2D eigenvalue weighted by Crippen LogP contribution is 2.18. The van der Waals surface area contributed by atoms with Crippen LogP contribution in [-0.2, 0) is 11.3 Å². The van der Waals surface area contributed by atoms with Gasteiger partial charge in [-0.15, -0.1) is 5.10 Å². The second kappa shape index (κ2) is 9.50. The normalized spacial score (nSPS) is 11.3. The molecule has 4 rings (SSSR count). The van der Waals surface area contributed by atoms with Crippen LogP contribution in [0.1, 0.15) is 35.1 Å². The van der Waals surface area contributed by atoms with Gasteiger partial charge in [-0.2, -0.15) is 4.98 Å². The van der Waals surface area contributed by atoms with Crippen molar-refractivity contribution in [3.63, 3.8) is 0 Å². The minimum atomic E-state index is -0.425. The molecule has 0 fully saturated rings. The summed E-state index contributed by atoms with van der Waals surface area (Å²) >= 11 is 6.13. The molecular formula is C23H24ClN5O3. The van der Waals surface area contributed by atoms with E-state index in [1.807, 2.05) is 50.2 Å². The van der Waals surface area contributed by atoms with Gasteiger partial charge in [0.1, 0.15) is 0 Å². The molecular weight excluding hydrogens is 430 g/mol. The van der Waals surface area contributed by atoms with Crippen LogP contribution in [0.2, 0.25) is 5.02 Å². The van der Waals surface area contributed by atoms with Crippen molar-refractivity contribution >= 4 is 34.2 Å². The van der Waals surface area contributed by atoms with Crippen molar-refractivity contribution in [3.05, 3.63) is 74.8 Å². The number of nitrogens with one attached hydrogen (secondary N) is 1. The van der Waals surface area contributed by atoms with E-state index in [4.69, 9.17) is 16.3 Å². The molecule has 0 aliphatic heterocycles. The lowest BCUT2D eigenvalue weighted by Crippen LogP contribution is -2.26. The van der Waals surface area contributed by atoms with E-state index in [-0.39, 0.29) is 17.0 Å². The van der Waals surface area contributed by atoms with Gasteiger partial charge in [-0.1, -0.05) is 29.8 Å². The number of benzene rings is 2. The van der Waals surface area contributed by atoms with Crippen molar-refractivity contribution < 1.29 is 9.53 Å². The van der Waals surface area contributed by atoms with Crippen LogP contribution in [0.25, 0.3) is 16.7 Å². The predicted octanol–water partition coefficient (Wildman–Crippen LogP) is 3.21. The molecule has 0 atom stereocenters. The fraction of sp³-hybridized carbons (Fsp3) is 0.304. The fourth-order valence-electron chi connectivity index (χ4n) is 3.55. The maximum absolute atomic E-state index is 13.4. The van der Waals surface area contributed by atoms with E-state index in [0.717, 1.165) is 11.1 Å². The molecule has 0 radical (unpaired) electrons. The van der Waals surface area contributed by atoms with Crippen LogP contribution < -0.4 is 10.9 Å². The maximum atomic E-state index is 13.4. The number of halogens is 1. The molecule has 2 aromatic carbocycles. The summed E-state index contributed by atoms with van der Waals surface area (Å²) in [5.74, 6) is -0.466. The summed E-state index contributed by atoms with van der Waals surface area (Å²) in [4.78, 5) is 30.2. The molecule has 0 aliphatic rings. The Morgan fingerprint density at radius 2 is 2.03 bits per heavy atom. The van der Waals surface area contributed by atoms with Gasteiger partial charge in [-0.25, -0.2) is 4.52 Å². The van der Waals surface area contributed by atoms with Gasteiger partial charge < -0.3 is 10.1 Å². The zero-order chi connectivity index (χ0) is 22.7. The molecule has 0 saturated heterocycles. The zero-order valence-corrected chi connectivity index (χ0v) is 18.7. The third-order valence-electron chi connectivity index (χ3n) is 5.08. The molecule has 32 heavy (non-hydrogen) atoms. The fourth-order valence-corrected chi connectivity index (χ4v) is 3.76. The van der Waals surface area contributed by atoms with Gasteiger partial charge in [0.15, 0.2) is 0 Å². The monoisotopic (exact) mass is 453 g/mol. The number of rotatable bonds is 8. The van der Waals surface area contributed by atoms with E-state index in [9.17, 15) is 9.59 Å². The number of carbonyl (C=O) groups excluding carboxylic acids is 1. The van der Waals surface area contributed by atoms with Gasteiger partial charge in [0.2, 0.25) is 11.5 Å². The summed E-state index contributed by atoms with van der Waals surface area (Å²) in [5, 5.41) is 7.71. The van der Waals surface area contributed by atoms with Gasteiger partial charge in [0, 0.05) is 24.8 Å². The standard InChI is InChI=1S/C23H24ClN5O3/c1-3-32-11-5-10-25-22(30)20-26-21-23(31)28(14-16-6-4-7-17(24)13-16)19-12-15(2)8-9-18(19)29(21)27-20/h4,6-9,12-13H,3,5,10-11,14H2,1-2H3,(H,25,30). The number of amides is 1. The number of fused-ring (bicyclic) bond motifs is 3. The first-order valence-corrected chi connectivity index (χ1v) is 10.9. The molecule has 4 aromatic rings. The Bertz CT molecular complexity index is 1340. The molecule has 0 unspecified atom stereocenters. The second-order valence-corrected chi connectivity index (χ2v) is 7.93. The van der Waals surface area contributed by atoms with E-state index in [1.54, 1.807) is 10.6 Å². The average Bonchev–Trinajstić information content (AvgIpc) is 3.22. The highest BCUT2D eigenvalue weighted by molar-refractivity contribution is 6.30. The van der Waals surface area contributed by atoms with Crippen LogP contribution in [0.3, 0.4) is 0 Å². The van der Waals surface area contributed by atoms with Crippen molar-refractivity contribution in [3.8, 4) is 0 Å². The summed E-state index contributed by atoms with van der Waals surface area (Å²) in [6.07, 6.45) is 0.682. The average molecular weight is 454 g/mol. The first-order chi connectivity index (χ1) is 15.5. The Kier molecular flexibility index (Phi) is 6.53. The number of aromatic nitrogens is 4. The van der Waals surface area contributed by atoms with Gasteiger partial charge in [-0.3, -0.25) is 14.2 Å². The number of hydrogen-bond donors (Lipinski definition) is 1.